The van der Waals surface area contributed by atoms with Crippen LogP contribution in [0.1, 0.15) is 23.6 Å². The van der Waals surface area contributed by atoms with Gasteiger partial charge in [-0.3, -0.25) is 0 Å². The molecule has 0 radical (unpaired) electrons. The molecular formula is C23H24Cl2FNO2. The molecule has 0 fully saturated rings. The van der Waals surface area contributed by atoms with E-state index < -0.39 is 0 Å². The van der Waals surface area contributed by atoms with Gasteiger partial charge in [0.2, 0.25) is 0 Å². The Morgan fingerprint density at radius 2 is 1.41 bits per heavy atom. The lowest BCUT2D eigenvalue weighted by atomic mass is 10.1. The van der Waals surface area contributed by atoms with E-state index in [1.807, 2.05) is 49.4 Å². The SMILES string of the molecule is CCOc1cc(CNCc2ccc(F)cc2)ccc1OCc1ccc(Cl)cc1.Cl. The second kappa shape index (κ2) is 11.7. The third-order valence-electron chi connectivity index (χ3n) is 4.19. The van der Waals surface area contributed by atoms with Crippen molar-refractivity contribution in [2.45, 2.75) is 26.6 Å². The average Bonchev–Trinajstić information content (AvgIpc) is 2.70. The molecule has 0 unspecified atom stereocenters. The van der Waals surface area contributed by atoms with Crippen LogP contribution < -0.4 is 14.8 Å². The van der Waals surface area contributed by atoms with Crippen molar-refractivity contribution >= 4 is 24.0 Å². The monoisotopic (exact) mass is 435 g/mol. The summed E-state index contributed by atoms with van der Waals surface area (Å²) in [6, 6.07) is 20.0. The Hall–Kier alpha value is -2.27. The van der Waals surface area contributed by atoms with Gasteiger partial charge in [-0.05, 0) is 60.0 Å². The predicted molar refractivity (Wildman–Crippen MR) is 118 cm³/mol. The summed E-state index contributed by atoms with van der Waals surface area (Å²) < 4.78 is 24.6. The van der Waals surface area contributed by atoms with E-state index in [9.17, 15) is 4.39 Å². The van der Waals surface area contributed by atoms with Gasteiger partial charge >= 0.3 is 0 Å². The Morgan fingerprint density at radius 3 is 2.10 bits per heavy atom. The van der Waals surface area contributed by atoms with Crippen LogP contribution in [0.4, 0.5) is 4.39 Å². The molecule has 0 aliphatic carbocycles. The highest BCUT2D eigenvalue weighted by Crippen LogP contribution is 2.29. The molecule has 1 N–H and O–H groups in total. The maximum atomic E-state index is 13.0. The number of rotatable bonds is 9. The first-order chi connectivity index (χ1) is 13.6. The highest BCUT2D eigenvalue weighted by molar-refractivity contribution is 6.30. The third kappa shape index (κ3) is 7.24. The van der Waals surface area contributed by atoms with Crippen molar-refractivity contribution in [2.24, 2.45) is 0 Å². The smallest absolute Gasteiger partial charge is 0.161 e. The average molecular weight is 436 g/mol. The normalized spacial score (nSPS) is 10.3. The lowest BCUT2D eigenvalue weighted by molar-refractivity contribution is 0.269. The van der Waals surface area contributed by atoms with Crippen molar-refractivity contribution in [3.8, 4) is 11.5 Å². The number of halogens is 3. The molecule has 3 nitrogen and oxygen atoms in total. The molecule has 0 atom stereocenters. The van der Waals surface area contributed by atoms with Crippen LogP contribution >= 0.6 is 24.0 Å². The van der Waals surface area contributed by atoms with E-state index in [0.717, 1.165) is 22.4 Å². The minimum atomic E-state index is -0.223. The van der Waals surface area contributed by atoms with Crippen LogP contribution in [0.2, 0.25) is 5.02 Å². The Kier molecular flexibility index (Phi) is 9.26. The van der Waals surface area contributed by atoms with E-state index >= 15 is 0 Å². The molecular weight excluding hydrogens is 412 g/mol. The van der Waals surface area contributed by atoms with Crippen molar-refractivity contribution in [3.05, 3.63) is 94.3 Å². The summed E-state index contributed by atoms with van der Waals surface area (Å²) >= 11 is 5.92. The zero-order chi connectivity index (χ0) is 19.8. The Labute approximate surface area is 182 Å². The minimum Gasteiger partial charge on any atom is -0.490 e. The Morgan fingerprint density at radius 1 is 0.793 bits per heavy atom. The van der Waals surface area contributed by atoms with Crippen molar-refractivity contribution < 1.29 is 13.9 Å². The fourth-order valence-electron chi connectivity index (χ4n) is 2.75. The van der Waals surface area contributed by atoms with Gasteiger partial charge in [-0.1, -0.05) is 41.9 Å². The number of benzene rings is 3. The number of hydrogen-bond acceptors (Lipinski definition) is 3. The van der Waals surface area contributed by atoms with Crippen molar-refractivity contribution in [2.75, 3.05) is 6.61 Å². The number of ether oxygens (including phenoxy) is 2. The molecule has 0 aliphatic heterocycles. The van der Waals surface area contributed by atoms with E-state index in [1.165, 1.54) is 12.1 Å². The number of hydrogen-bond donors (Lipinski definition) is 1. The van der Waals surface area contributed by atoms with Gasteiger partial charge in [0.25, 0.3) is 0 Å². The van der Waals surface area contributed by atoms with Crippen molar-refractivity contribution in [1.29, 1.82) is 0 Å². The van der Waals surface area contributed by atoms with Gasteiger partial charge in [-0.25, -0.2) is 4.39 Å². The fraction of sp³-hybridized carbons (Fsp3) is 0.217. The summed E-state index contributed by atoms with van der Waals surface area (Å²) in [5.74, 6) is 1.20. The zero-order valence-corrected chi connectivity index (χ0v) is 17.7. The molecule has 0 saturated heterocycles. The molecule has 0 amide bonds. The maximum absolute atomic E-state index is 13.0. The zero-order valence-electron chi connectivity index (χ0n) is 16.2. The number of nitrogens with one attached hydrogen (secondary N) is 1. The van der Waals surface area contributed by atoms with Crippen LogP contribution in [0.15, 0.2) is 66.7 Å². The summed E-state index contributed by atoms with van der Waals surface area (Å²) in [4.78, 5) is 0. The van der Waals surface area contributed by atoms with E-state index in [4.69, 9.17) is 21.1 Å². The standard InChI is InChI=1S/C23H23ClFNO2.ClH/c1-2-27-23-13-19(15-26-14-17-5-10-21(25)11-6-17)7-12-22(23)28-16-18-3-8-20(24)9-4-18;/h3-13,26H,2,14-16H2,1H3;1H. The molecule has 3 aromatic rings. The summed E-state index contributed by atoms with van der Waals surface area (Å²) in [6.07, 6.45) is 0. The van der Waals surface area contributed by atoms with Gasteiger partial charge in [0.15, 0.2) is 11.5 Å². The van der Waals surface area contributed by atoms with Gasteiger partial charge < -0.3 is 14.8 Å². The Bertz CT molecular complexity index is 886. The molecule has 0 saturated carbocycles. The maximum Gasteiger partial charge on any atom is 0.161 e. The first kappa shape index (κ1) is 23.0. The molecule has 0 heterocycles. The van der Waals surface area contributed by atoms with E-state index in [-0.39, 0.29) is 18.2 Å². The van der Waals surface area contributed by atoms with Gasteiger partial charge in [0.1, 0.15) is 12.4 Å². The van der Waals surface area contributed by atoms with Gasteiger partial charge in [-0.2, -0.15) is 0 Å². The quantitative estimate of drug-likeness (QED) is 0.435. The molecule has 6 heteroatoms. The van der Waals surface area contributed by atoms with Crippen LogP contribution in [-0.2, 0) is 19.7 Å². The molecule has 0 spiro atoms. The van der Waals surface area contributed by atoms with Gasteiger partial charge in [0, 0.05) is 18.1 Å². The molecule has 0 bridgehead atoms. The van der Waals surface area contributed by atoms with Crippen LogP contribution in [0.3, 0.4) is 0 Å². The summed E-state index contributed by atoms with van der Waals surface area (Å²) in [5.41, 5.74) is 3.16. The molecule has 0 aliphatic rings. The largest absolute Gasteiger partial charge is 0.490 e. The van der Waals surface area contributed by atoms with Gasteiger partial charge in [-0.15, -0.1) is 12.4 Å². The molecule has 3 aromatic carbocycles. The first-order valence-electron chi connectivity index (χ1n) is 9.22. The highest BCUT2D eigenvalue weighted by atomic mass is 35.5. The summed E-state index contributed by atoms with van der Waals surface area (Å²) in [7, 11) is 0. The molecule has 3 rings (SSSR count). The molecule has 0 aromatic heterocycles. The van der Waals surface area contributed by atoms with E-state index in [1.54, 1.807) is 12.1 Å². The second-order valence-corrected chi connectivity index (χ2v) is 6.80. The van der Waals surface area contributed by atoms with E-state index in [0.29, 0.717) is 37.1 Å². The van der Waals surface area contributed by atoms with Crippen LogP contribution in [0, 0.1) is 5.82 Å². The fourth-order valence-corrected chi connectivity index (χ4v) is 2.87. The lowest BCUT2D eigenvalue weighted by Crippen LogP contribution is -2.13. The summed E-state index contributed by atoms with van der Waals surface area (Å²) in [5, 5.41) is 4.06. The first-order valence-corrected chi connectivity index (χ1v) is 9.60. The van der Waals surface area contributed by atoms with Crippen molar-refractivity contribution in [3.63, 3.8) is 0 Å². The molecule has 154 valence electrons. The topological polar surface area (TPSA) is 30.5 Å². The van der Waals surface area contributed by atoms with Crippen LogP contribution in [0.5, 0.6) is 11.5 Å². The third-order valence-corrected chi connectivity index (χ3v) is 4.44. The Balaban J connectivity index is 0.00000300. The summed E-state index contributed by atoms with van der Waals surface area (Å²) in [6.45, 7) is 4.29. The van der Waals surface area contributed by atoms with Crippen LogP contribution in [-0.4, -0.2) is 6.61 Å². The van der Waals surface area contributed by atoms with Crippen molar-refractivity contribution in [1.82, 2.24) is 5.32 Å². The van der Waals surface area contributed by atoms with Crippen LogP contribution in [0.25, 0.3) is 0 Å². The van der Waals surface area contributed by atoms with Gasteiger partial charge in [0.05, 0.1) is 6.61 Å². The highest BCUT2D eigenvalue weighted by Gasteiger charge is 2.07. The minimum absolute atomic E-state index is 0. The second-order valence-electron chi connectivity index (χ2n) is 6.36. The van der Waals surface area contributed by atoms with E-state index in [2.05, 4.69) is 5.32 Å². The predicted octanol–water partition coefficient (Wildman–Crippen LogP) is 6.17. The molecule has 29 heavy (non-hydrogen) atoms. The lowest BCUT2D eigenvalue weighted by Gasteiger charge is -2.14.